The summed E-state index contributed by atoms with van der Waals surface area (Å²) in [5.41, 5.74) is 7.14. The normalized spacial score (nSPS) is 32.0. The Morgan fingerprint density at radius 3 is 2.52 bits per heavy atom. The smallest absolute Gasteiger partial charge is 0.164 e. The Bertz CT molecular complexity index is 780. The van der Waals surface area contributed by atoms with E-state index in [1.807, 2.05) is 6.07 Å². The number of rotatable bonds is 8. The highest BCUT2D eigenvalue weighted by Gasteiger charge is 2.44. The first-order chi connectivity index (χ1) is 15.1. The summed E-state index contributed by atoms with van der Waals surface area (Å²) in [4.78, 5) is 18.2. The third-order valence-corrected chi connectivity index (χ3v) is 8.08. The number of nitrogen functional groups attached to an aromatic ring is 1. The molecule has 6 nitrogen and oxygen atoms in total. The number of nitrogens with two attached hydrogens (primary N) is 1. The summed E-state index contributed by atoms with van der Waals surface area (Å²) in [6.45, 7) is 6.39. The van der Waals surface area contributed by atoms with Gasteiger partial charge in [0.1, 0.15) is 5.75 Å². The Labute approximate surface area is 186 Å². The van der Waals surface area contributed by atoms with Crippen molar-refractivity contribution in [3.05, 3.63) is 23.8 Å². The molecule has 1 aromatic rings. The van der Waals surface area contributed by atoms with Gasteiger partial charge < -0.3 is 20.7 Å². The van der Waals surface area contributed by atoms with Crippen LogP contribution in [0.3, 0.4) is 0 Å². The van der Waals surface area contributed by atoms with Crippen LogP contribution in [0.2, 0.25) is 0 Å². The van der Waals surface area contributed by atoms with Crippen LogP contribution in [0.1, 0.15) is 55.3 Å². The zero-order chi connectivity index (χ0) is 21.4. The van der Waals surface area contributed by atoms with Crippen LogP contribution in [0.15, 0.2) is 18.2 Å². The van der Waals surface area contributed by atoms with Gasteiger partial charge in [-0.3, -0.25) is 9.69 Å². The summed E-state index contributed by atoms with van der Waals surface area (Å²) in [5, 5.41) is 3.61. The molecule has 31 heavy (non-hydrogen) atoms. The van der Waals surface area contributed by atoms with Gasteiger partial charge in [-0.05, 0) is 68.6 Å². The summed E-state index contributed by atoms with van der Waals surface area (Å²) in [7, 11) is 1.59. The first-order valence-corrected chi connectivity index (χ1v) is 12.3. The molecule has 2 unspecified atom stereocenters. The molecule has 2 aliphatic heterocycles. The topological polar surface area (TPSA) is 80.7 Å². The number of anilines is 1. The van der Waals surface area contributed by atoms with Gasteiger partial charge in [0.15, 0.2) is 5.78 Å². The fraction of sp³-hybridized carbons (Fsp3) is 0.720. The zero-order valence-corrected chi connectivity index (χ0v) is 18.9. The second-order valence-corrected chi connectivity index (χ2v) is 10.2. The average Bonchev–Trinajstić information content (AvgIpc) is 3.72. The minimum atomic E-state index is 0.177. The minimum Gasteiger partial charge on any atom is -0.495 e. The second kappa shape index (κ2) is 9.08. The maximum absolute atomic E-state index is 12.7. The number of nitrogens with one attached hydrogen (secondary N) is 1. The van der Waals surface area contributed by atoms with E-state index in [-0.39, 0.29) is 5.78 Å². The number of ether oxygens (including phenoxy) is 1. The van der Waals surface area contributed by atoms with E-state index >= 15 is 0 Å². The SMILES string of the molecule is COc1cc(C(=O)CC2NC2C2CCC(N3CCN(CC4CC4)CC3)CC2)ccc1N. The van der Waals surface area contributed by atoms with E-state index in [9.17, 15) is 4.79 Å². The van der Waals surface area contributed by atoms with E-state index in [2.05, 4.69) is 15.1 Å². The fourth-order valence-electron chi connectivity index (χ4n) is 5.85. The molecule has 2 atom stereocenters. The first-order valence-electron chi connectivity index (χ1n) is 12.3. The molecule has 2 heterocycles. The van der Waals surface area contributed by atoms with Crippen molar-refractivity contribution >= 4 is 11.5 Å². The highest BCUT2D eigenvalue weighted by molar-refractivity contribution is 5.97. The van der Waals surface area contributed by atoms with Gasteiger partial charge in [-0.1, -0.05) is 0 Å². The third-order valence-electron chi connectivity index (χ3n) is 8.08. The molecule has 0 bridgehead atoms. The van der Waals surface area contributed by atoms with Crippen LogP contribution in [-0.2, 0) is 0 Å². The number of piperazine rings is 1. The standard InChI is InChI=1S/C25H38N4O2/c1-31-24-14-19(6-9-21(24)26)23(30)15-22-25(27-22)18-4-7-20(8-5-18)29-12-10-28(11-13-29)16-17-2-3-17/h6,9,14,17-18,20,22,25,27H,2-5,7-8,10-13,15-16,26H2,1H3. The fourth-order valence-corrected chi connectivity index (χ4v) is 5.85. The number of carbonyl (C=O) groups excluding carboxylic acids is 1. The maximum atomic E-state index is 12.7. The number of carbonyl (C=O) groups is 1. The van der Waals surface area contributed by atoms with Crippen LogP contribution in [0, 0.1) is 11.8 Å². The van der Waals surface area contributed by atoms with Crippen LogP contribution in [-0.4, -0.2) is 73.5 Å². The largest absolute Gasteiger partial charge is 0.495 e. The number of nitrogens with zero attached hydrogens (tertiary/aromatic N) is 2. The van der Waals surface area contributed by atoms with Gasteiger partial charge in [0.05, 0.1) is 12.8 Å². The van der Waals surface area contributed by atoms with Crippen molar-refractivity contribution in [2.45, 2.75) is 63.1 Å². The second-order valence-electron chi connectivity index (χ2n) is 10.2. The van der Waals surface area contributed by atoms with E-state index in [1.54, 1.807) is 19.2 Å². The average molecular weight is 427 g/mol. The van der Waals surface area contributed by atoms with Gasteiger partial charge in [-0.25, -0.2) is 0 Å². The third kappa shape index (κ3) is 5.07. The van der Waals surface area contributed by atoms with Crippen molar-refractivity contribution in [1.82, 2.24) is 15.1 Å². The molecule has 4 aliphatic rings. The van der Waals surface area contributed by atoms with E-state index in [1.165, 1.54) is 71.2 Å². The van der Waals surface area contributed by atoms with Crippen LogP contribution in [0.5, 0.6) is 5.75 Å². The predicted molar refractivity (Wildman–Crippen MR) is 124 cm³/mol. The molecule has 4 fully saturated rings. The molecule has 2 aliphatic carbocycles. The highest BCUT2D eigenvalue weighted by atomic mass is 16.5. The van der Waals surface area contributed by atoms with Gasteiger partial charge in [-0.15, -0.1) is 0 Å². The van der Waals surface area contributed by atoms with E-state index in [0.29, 0.717) is 35.5 Å². The van der Waals surface area contributed by atoms with E-state index < -0.39 is 0 Å². The molecule has 0 radical (unpaired) electrons. The number of hydrogen-bond donors (Lipinski definition) is 2. The zero-order valence-electron chi connectivity index (χ0n) is 18.9. The van der Waals surface area contributed by atoms with Crippen molar-refractivity contribution in [1.29, 1.82) is 0 Å². The van der Waals surface area contributed by atoms with Gasteiger partial charge in [0.25, 0.3) is 0 Å². The Morgan fingerprint density at radius 2 is 1.84 bits per heavy atom. The first kappa shape index (κ1) is 21.2. The minimum absolute atomic E-state index is 0.177. The lowest BCUT2D eigenvalue weighted by Crippen LogP contribution is -2.51. The lowest BCUT2D eigenvalue weighted by atomic mass is 9.82. The maximum Gasteiger partial charge on any atom is 0.164 e. The molecule has 5 rings (SSSR count). The number of benzene rings is 1. The van der Waals surface area contributed by atoms with Crippen molar-refractivity contribution in [2.24, 2.45) is 11.8 Å². The van der Waals surface area contributed by atoms with Crippen molar-refractivity contribution < 1.29 is 9.53 Å². The van der Waals surface area contributed by atoms with Gasteiger partial charge in [0.2, 0.25) is 0 Å². The molecule has 0 spiro atoms. The van der Waals surface area contributed by atoms with E-state index in [0.717, 1.165) is 17.9 Å². The van der Waals surface area contributed by atoms with Crippen molar-refractivity contribution in [3.63, 3.8) is 0 Å². The molecule has 6 heteroatoms. The molecule has 3 N–H and O–H groups in total. The molecule has 0 aromatic heterocycles. The Kier molecular flexibility index (Phi) is 6.22. The molecule has 2 saturated heterocycles. The lowest BCUT2D eigenvalue weighted by molar-refractivity contribution is 0.0682. The number of hydrogen-bond acceptors (Lipinski definition) is 6. The van der Waals surface area contributed by atoms with Gasteiger partial charge >= 0.3 is 0 Å². The highest BCUT2D eigenvalue weighted by Crippen LogP contribution is 2.37. The molecule has 0 amide bonds. The van der Waals surface area contributed by atoms with Crippen molar-refractivity contribution in [2.75, 3.05) is 45.6 Å². The van der Waals surface area contributed by atoms with Crippen LogP contribution >= 0.6 is 0 Å². The number of ketones is 1. The molecule has 1 aromatic carbocycles. The van der Waals surface area contributed by atoms with Crippen molar-refractivity contribution in [3.8, 4) is 5.75 Å². The van der Waals surface area contributed by atoms with Crippen LogP contribution in [0.4, 0.5) is 5.69 Å². The monoisotopic (exact) mass is 426 g/mol. The van der Waals surface area contributed by atoms with E-state index in [4.69, 9.17) is 10.5 Å². The number of Topliss-reactive ketones (excluding diaryl/α,β-unsaturated/α-hetero) is 1. The van der Waals surface area contributed by atoms with Crippen LogP contribution in [0.25, 0.3) is 0 Å². The molecular weight excluding hydrogens is 388 g/mol. The Morgan fingerprint density at radius 1 is 1.10 bits per heavy atom. The predicted octanol–water partition coefficient (Wildman–Crippen LogP) is 2.78. The molecule has 2 saturated carbocycles. The Balaban J connectivity index is 1.04. The summed E-state index contributed by atoms with van der Waals surface area (Å²) in [5.74, 6) is 2.50. The molecule has 170 valence electrons. The van der Waals surface area contributed by atoms with Gasteiger partial charge in [-0.2, -0.15) is 0 Å². The summed E-state index contributed by atoms with van der Waals surface area (Å²) in [6.07, 6.45) is 8.72. The van der Waals surface area contributed by atoms with Gasteiger partial charge in [0, 0.05) is 62.8 Å². The quantitative estimate of drug-likeness (QED) is 0.378. The number of methoxy groups -OCH3 is 1. The summed E-state index contributed by atoms with van der Waals surface area (Å²) in [6, 6.07) is 6.98. The van der Waals surface area contributed by atoms with Crippen LogP contribution < -0.4 is 15.8 Å². The Hall–Kier alpha value is -1.63. The lowest BCUT2D eigenvalue weighted by Gasteiger charge is -2.42. The summed E-state index contributed by atoms with van der Waals surface area (Å²) >= 11 is 0. The molecular formula is C25H38N4O2. The summed E-state index contributed by atoms with van der Waals surface area (Å²) < 4.78 is 5.26.